The average molecular weight is 317 g/mol. The van der Waals surface area contributed by atoms with Crippen LogP contribution in [0.15, 0.2) is 48.5 Å². The lowest BCUT2D eigenvalue weighted by Gasteiger charge is -2.24. The molecule has 1 atom stereocenters. The van der Waals surface area contributed by atoms with Gasteiger partial charge in [-0.3, -0.25) is 9.69 Å². The van der Waals surface area contributed by atoms with E-state index in [0.29, 0.717) is 12.4 Å². The van der Waals surface area contributed by atoms with Gasteiger partial charge in [0.05, 0.1) is 12.4 Å². The van der Waals surface area contributed by atoms with E-state index in [0.717, 1.165) is 17.0 Å². The third-order valence-electron chi connectivity index (χ3n) is 3.43. The number of ether oxygens (including phenoxy) is 1. The van der Waals surface area contributed by atoms with Gasteiger partial charge >= 0.3 is 0 Å². The lowest BCUT2D eigenvalue weighted by molar-refractivity contribution is -0.115. The number of thioether (sulfide) groups is 1. The van der Waals surface area contributed by atoms with E-state index < -0.39 is 0 Å². The molecule has 114 valence electrons. The average Bonchev–Trinajstić information content (AvgIpc) is 2.90. The van der Waals surface area contributed by atoms with Gasteiger partial charge in [0.25, 0.3) is 0 Å². The standard InChI is InChI=1S/C17H16FNO2S/c1-2-21-15-8-6-14(7-9-15)19-16(20)11-22-17(19)12-4-3-5-13(18)10-12/h3-10,17H,2,11H2,1H3/t17-/m1/s1. The summed E-state index contributed by atoms with van der Waals surface area (Å²) in [6, 6.07) is 13.8. The molecule has 5 heteroatoms. The number of hydrogen-bond acceptors (Lipinski definition) is 3. The molecule has 0 aliphatic carbocycles. The van der Waals surface area contributed by atoms with Crippen molar-refractivity contribution in [1.29, 1.82) is 0 Å². The summed E-state index contributed by atoms with van der Waals surface area (Å²) in [5, 5.41) is -0.193. The highest BCUT2D eigenvalue weighted by molar-refractivity contribution is 8.00. The number of amides is 1. The van der Waals surface area contributed by atoms with Gasteiger partial charge in [-0.15, -0.1) is 11.8 Å². The van der Waals surface area contributed by atoms with Crippen LogP contribution in [0, 0.1) is 5.82 Å². The summed E-state index contributed by atoms with van der Waals surface area (Å²) < 4.78 is 18.9. The third-order valence-corrected chi connectivity index (χ3v) is 4.64. The van der Waals surface area contributed by atoms with E-state index in [1.165, 1.54) is 23.9 Å². The van der Waals surface area contributed by atoms with Gasteiger partial charge in [0.15, 0.2) is 0 Å². The molecule has 1 fully saturated rings. The fraction of sp³-hybridized carbons (Fsp3) is 0.235. The Morgan fingerprint density at radius 2 is 2.05 bits per heavy atom. The lowest BCUT2D eigenvalue weighted by atomic mass is 10.2. The Bertz CT molecular complexity index is 675. The Labute approximate surface area is 133 Å². The first kappa shape index (κ1) is 14.9. The van der Waals surface area contributed by atoms with Crippen molar-refractivity contribution in [3.8, 4) is 5.75 Å². The van der Waals surface area contributed by atoms with Gasteiger partial charge in [0, 0.05) is 5.69 Å². The molecule has 1 amide bonds. The molecule has 0 spiro atoms. The van der Waals surface area contributed by atoms with Crippen molar-refractivity contribution in [2.45, 2.75) is 12.3 Å². The Morgan fingerprint density at radius 1 is 1.27 bits per heavy atom. The van der Waals surface area contributed by atoms with Crippen LogP contribution in [0.2, 0.25) is 0 Å². The van der Waals surface area contributed by atoms with E-state index in [2.05, 4.69) is 0 Å². The first-order valence-electron chi connectivity index (χ1n) is 7.11. The summed E-state index contributed by atoms with van der Waals surface area (Å²) in [6.07, 6.45) is 0. The highest BCUT2D eigenvalue weighted by Gasteiger charge is 2.34. The van der Waals surface area contributed by atoms with Crippen molar-refractivity contribution >= 4 is 23.4 Å². The predicted octanol–water partition coefficient (Wildman–Crippen LogP) is 4.00. The molecule has 1 saturated heterocycles. The number of rotatable bonds is 4. The van der Waals surface area contributed by atoms with Crippen molar-refractivity contribution in [2.75, 3.05) is 17.3 Å². The largest absolute Gasteiger partial charge is 0.494 e. The van der Waals surface area contributed by atoms with Gasteiger partial charge in [-0.05, 0) is 48.9 Å². The zero-order chi connectivity index (χ0) is 15.5. The number of halogens is 1. The molecule has 1 aliphatic heterocycles. The van der Waals surface area contributed by atoms with Crippen LogP contribution in [0.3, 0.4) is 0 Å². The monoisotopic (exact) mass is 317 g/mol. The van der Waals surface area contributed by atoms with Crippen LogP contribution in [0.4, 0.5) is 10.1 Å². The molecule has 0 aromatic heterocycles. The Kier molecular flexibility index (Phi) is 4.34. The van der Waals surface area contributed by atoms with E-state index in [1.54, 1.807) is 11.0 Å². The molecule has 22 heavy (non-hydrogen) atoms. The third kappa shape index (κ3) is 2.95. The number of nitrogens with zero attached hydrogens (tertiary/aromatic N) is 1. The Hall–Kier alpha value is -2.01. The molecule has 0 N–H and O–H groups in total. The van der Waals surface area contributed by atoms with Crippen LogP contribution in [-0.2, 0) is 4.79 Å². The SMILES string of the molecule is CCOc1ccc(N2C(=O)CS[C@@H]2c2cccc(F)c2)cc1. The normalized spacial score (nSPS) is 17.8. The topological polar surface area (TPSA) is 29.5 Å². The van der Waals surface area contributed by atoms with Crippen LogP contribution in [-0.4, -0.2) is 18.3 Å². The summed E-state index contributed by atoms with van der Waals surface area (Å²) in [4.78, 5) is 14.0. The molecule has 3 rings (SSSR count). The van der Waals surface area contributed by atoms with E-state index in [1.807, 2.05) is 37.3 Å². The van der Waals surface area contributed by atoms with Crippen molar-refractivity contribution < 1.29 is 13.9 Å². The molecule has 0 unspecified atom stereocenters. The number of carbonyl (C=O) groups is 1. The van der Waals surface area contributed by atoms with Crippen LogP contribution in [0.1, 0.15) is 17.9 Å². The fourth-order valence-electron chi connectivity index (χ4n) is 2.48. The quantitative estimate of drug-likeness (QED) is 0.853. The molecular weight excluding hydrogens is 301 g/mol. The first-order valence-corrected chi connectivity index (χ1v) is 8.16. The number of benzene rings is 2. The molecule has 0 radical (unpaired) electrons. The van der Waals surface area contributed by atoms with E-state index in [4.69, 9.17) is 4.74 Å². The van der Waals surface area contributed by atoms with Crippen LogP contribution in [0.5, 0.6) is 5.75 Å². The highest BCUT2D eigenvalue weighted by Crippen LogP contribution is 2.42. The van der Waals surface area contributed by atoms with Crippen molar-refractivity contribution in [3.05, 3.63) is 59.9 Å². The minimum atomic E-state index is -0.288. The molecule has 0 saturated carbocycles. The van der Waals surface area contributed by atoms with E-state index in [9.17, 15) is 9.18 Å². The minimum absolute atomic E-state index is 0.0309. The maximum absolute atomic E-state index is 13.5. The molecule has 2 aromatic carbocycles. The first-order chi connectivity index (χ1) is 10.7. The zero-order valence-electron chi connectivity index (χ0n) is 12.2. The predicted molar refractivity (Wildman–Crippen MR) is 86.7 cm³/mol. The Balaban J connectivity index is 1.90. The number of anilines is 1. The summed E-state index contributed by atoms with van der Waals surface area (Å²) in [6.45, 7) is 2.53. The number of hydrogen-bond donors (Lipinski definition) is 0. The molecule has 1 aliphatic rings. The summed E-state index contributed by atoms with van der Waals surface area (Å²) >= 11 is 1.51. The van der Waals surface area contributed by atoms with Gasteiger partial charge in [0.2, 0.25) is 5.91 Å². The zero-order valence-corrected chi connectivity index (χ0v) is 13.0. The lowest BCUT2D eigenvalue weighted by Crippen LogP contribution is -2.27. The van der Waals surface area contributed by atoms with Crippen LogP contribution < -0.4 is 9.64 Å². The maximum Gasteiger partial charge on any atom is 0.238 e. The van der Waals surface area contributed by atoms with Gasteiger partial charge in [-0.25, -0.2) is 4.39 Å². The molecule has 0 bridgehead atoms. The van der Waals surface area contributed by atoms with Crippen molar-refractivity contribution in [2.24, 2.45) is 0 Å². The smallest absolute Gasteiger partial charge is 0.238 e. The second kappa shape index (κ2) is 6.40. The second-order valence-electron chi connectivity index (χ2n) is 4.91. The van der Waals surface area contributed by atoms with Gasteiger partial charge in [-0.2, -0.15) is 0 Å². The molecule has 1 heterocycles. The van der Waals surface area contributed by atoms with E-state index in [-0.39, 0.29) is 17.1 Å². The molecule has 3 nitrogen and oxygen atoms in total. The summed E-state index contributed by atoms with van der Waals surface area (Å²) in [5.41, 5.74) is 1.59. The van der Waals surface area contributed by atoms with Crippen LogP contribution >= 0.6 is 11.8 Å². The number of carbonyl (C=O) groups excluding carboxylic acids is 1. The van der Waals surface area contributed by atoms with E-state index >= 15 is 0 Å². The molecular formula is C17H16FNO2S. The fourth-order valence-corrected chi connectivity index (χ4v) is 3.65. The molecule has 2 aromatic rings. The van der Waals surface area contributed by atoms with Gasteiger partial charge < -0.3 is 4.74 Å². The van der Waals surface area contributed by atoms with Crippen molar-refractivity contribution in [3.63, 3.8) is 0 Å². The van der Waals surface area contributed by atoms with Gasteiger partial charge in [0.1, 0.15) is 16.9 Å². The Morgan fingerprint density at radius 3 is 2.73 bits per heavy atom. The minimum Gasteiger partial charge on any atom is -0.494 e. The van der Waals surface area contributed by atoms with Gasteiger partial charge in [-0.1, -0.05) is 12.1 Å². The highest BCUT2D eigenvalue weighted by atomic mass is 32.2. The second-order valence-corrected chi connectivity index (χ2v) is 5.98. The maximum atomic E-state index is 13.5. The summed E-state index contributed by atoms with van der Waals surface area (Å²) in [5.74, 6) is 0.911. The van der Waals surface area contributed by atoms with Crippen molar-refractivity contribution in [1.82, 2.24) is 0 Å². The van der Waals surface area contributed by atoms with Crippen LogP contribution in [0.25, 0.3) is 0 Å². The summed E-state index contributed by atoms with van der Waals surface area (Å²) in [7, 11) is 0.